The molecule has 404 valence electrons. The Labute approximate surface area is 434 Å². The van der Waals surface area contributed by atoms with Crippen molar-refractivity contribution in [3.63, 3.8) is 0 Å². The van der Waals surface area contributed by atoms with Gasteiger partial charge in [0.15, 0.2) is 0 Å². The fourth-order valence-corrected chi connectivity index (χ4v) is 9.09. The summed E-state index contributed by atoms with van der Waals surface area (Å²) in [5, 5.41) is 54.9. The Morgan fingerprint density at radius 2 is 0.973 bits per heavy atom. The van der Waals surface area contributed by atoms with Gasteiger partial charge in [0, 0.05) is 42.3 Å². The summed E-state index contributed by atoms with van der Waals surface area (Å²) >= 11 is 0. The van der Waals surface area contributed by atoms with E-state index in [2.05, 4.69) is 42.5 Å². The second-order valence-corrected chi connectivity index (χ2v) is 21.5. The molecule has 74 heavy (non-hydrogen) atoms. The molecule has 2 saturated heterocycles. The Hall–Kier alpha value is -6.29. The van der Waals surface area contributed by atoms with Gasteiger partial charge >= 0.3 is 0 Å². The molecule has 20 heteroatoms. The molecule has 2 heterocycles. The van der Waals surface area contributed by atoms with E-state index in [1.165, 1.54) is 34.1 Å². The quantitative estimate of drug-likeness (QED) is 0.0662. The van der Waals surface area contributed by atoms with Crippen molar-refractivity contribution in [2.75, 3.05) is 40.4 Å². The van der Waals surface area contributed by atoms with E-state index in [4.69, 9.17) is 0 Å². The van der Waals surface area contributed by atoms with Crippen LogP contribution in [0, 0.1) is 10.8 Å². The third-order valence-electron chi connectivity index (χ3n) is 13.9. The van der Waals surface area contributed by atoms with Crippen LogP contribution >= 0.6 is 0 Å². The standard InChI is InChI=1S/C54H78N10O10/c1-31(55-9)45(67)61-43(53(3,4)5)51(73)63-27-37(25-41(63)49(71)59-39(29-65)33-17-13-11-14-18-33)57-47(69)35-21-23-36(24-22-35)48(70)58-38-26-42(50(72)60-40(30-66)34-19-15-12-16-20-34)64(28-38)52(74)44(54(6,7)8)62-46(68)32(2)56-10/h11-24,31-32,37-45,55-56,61,65-67H,25-30H2,1-10H3,(H,57,69)(H,58,70)(H,59,71)(H,60,72)(H,62,68)/t31-,32-,37-,38-,39-,40-,41-,42-,43+,44+,45?/m0/s1. The first kappa shape index (κ1) is 58.6. The van der Waals surface area contributed by atoms with Gasteiger partial charge in [-0.1, -0.05) is 102 Å². The van der Waals surface area contributed by atoms with Crippen LogP contribution in [0.4, 0.5) is 0 Å². The maximum absolute atomic E-state index is 14.5. The van der Waals surface area contributed by atoms with Crippen LogP contribution in [0.1, 0.15) is 112 Å². The van der Waals surface area contributed by atoms with Gasteiger partial charge in [-0.05, 0) is 87.0 Å². The summed E-state index contributed by atoms with van der Waals surface area (Å²) < 4.78 is 0. The zero-order valence-corrected chi connectivity index (χ0v) is 44.3. The van der Waals surface area contributed by atoms with E-state index in [-0.39, 0.29) is 37.1 Å². The van der Waals surface area contributed by atoms with Crippen LogP contribution in [0.25, 0.3) is 0 Å². The monoisotopic (exact) mass is 1030 g/mol. The predicted molar refractivity (Wildman–Crippen MR) is 279 cm³/mol. The number of likely N-dealkylation sites (tertiary alicyclic amines) is 2. The molecule has 3 aromatic rings. The van der Waals surface area contributed by atoms with Gasteiger partial charge in [0.1, 0.15) is 24.4 Å². The number of benzene rings is 3. The van der Waals surface area contributed by atoms with Crippen LogP contribution < -0.4 is 42.5 Å². The number of nitrogens with one attached hydrogen (secondary N) is 8. The van der Waals surface area contributed by atoms with Crippen LogP contribution in [-0.4, -0.2) is 161 Å². The number of carbonyl (C=O) groups is 7. The van der Waals surface area contributed by atoms with E-state index in [9.17, 15) is 48.9 Å². The van der Waals surface area contributed by atoms with Crippen molar-refractivity contribution in [1.82, 2.24) is 52.3 Å². The highest BCUT2D eigenvalue weighted by atomic mass is 16.3. The van der Waals surface area contributed by atoms with Crippen LogP contribution in [0.2, 0.25) is 0 Å². The van der Waals surface area contributed by atoms with Gasteiger partial charge in [-0.25, -0.2) is 0 Å². The molecule has 3 aromatic carbocycles. The van der Waals surface area contributed by atoms with E-state index in [1.807, 2.05) is 26.8 Å². The Balaban J connectivity index is 1.33. The lowest BCUT2D eigenvalue weighted by Gasteiger charge is -2.37. The molecule has 11 atom stereocenters. The minimum atomic E-state index is -1.12. The number of aliphatic hydroxyl groups is 3. The maximum Gasteiger partial charge on any atom is 0.251 e. The van der Waals surface area contributed by atoms with Crippen LogP contribution in [-0.2, 0) is 24.0 Å². The van der Waals surface area contributed by atoms with Gasteiger partial charge in [-0.3, -0.25) is 38.9 Å². The van der Waals surface area contributed by atoms with Crippen LogP contribution in [0.15, 0.2) is 84.9 Å². The summed E-state index contributed by atoms with van der Waals surface area (Å²) in [6, 6.07) is 15.5. The van der Waals surface area contributed by atoms with Crippen molar-refractivity contribution in [2.24, 2.45) is 10.8 Å². The summed E-state index contributed by atoms with van der Waals surface area (Å²) in [5.74, 6) is -3.55. The molecule has 0 aliphatic carbocycles. The minimum absolute atomic E-state index is 0.0174. The average Bonchev–Trinajstić information content (AvgIpc) is 4.01. The Morgan fingerprint density at radius 1 is 0.581 bits per heavy atom. The molecule has 5 rings (SSSR count). The van der Waals surface area contributed by atoms with Crippen LogP contribution in [0.5, 0.6) is 0 Å². The van der Waals surface area contributed by atoms with E-state index < -0.39 is 132 Å². The number of amides is 7. The fourth-order valence-electron chi connectivity index (χ4n) is 9.09. The van der Waals surface area contributed by atoms with Gasteiger partial charge in [0.25, 0.3) is 11.8 Å². The lowest BCUT2D eigenvalue weighted by atomic mass is 9.85. The summed E-state index contributed by atoms with van der Waals surface area (Å²) in [5.41, 5.74) is 0.169. The number of nitrogens with zero attached hydrogens (tertiary/aromatic N) is 2. The molecule has 2 aliphatic rings. The first-order chi connectivity index (χ1) is 34.9. The van der Waals surface area contributed by atoms with Crippen molar-refractivity contribution in [2.45, 2.75) is 135 Å². The molecule has 1 unspecified atom stereocenters. The lowest BCUT2D eigenvalue weighted by molar-refractivity contribution is -0.144. The Morgan fingerprint density at radius 3 is 1.32 bits per heavy atom. The number of carbonyl (C=O) groups excluding carboxylic acids is 7. The molecule has 2 fully saturated rings. The predicted octanol–water partition coefficient (Wildman–Crippen LogP) is 0.854. The SMILES string of the molecule is CN[C@@H](C)C(=O)N[C@H](C(=O)N1C[C@@H](NC(=O)c2ccc(C(=O)N[C@H]3C[C@@H](C(=O)N[C@@H](CO)c4ccccc4)N(C(=O)[C@@H](NC(O)[C@H](C)NC)C(C)(C)C)C3)cc2)C[C@H]1C(=O)N[C@@H](CO)c1ccccc1)C(C)(C)C. The minimum Gasteiger partial charge on any atom is -0.394 e. The molecule has 0 spiro atoms. The zero-order valence-electron chi connectivity index (χ0n) is 44.3. The van der Waals surface area contributed by atoms with Crippen molar-refractivity contribution in [3.05, 3.63) is 107 Å². The number of likely N-dealkylation sites (N-methyl/N-ethyl adjacent to an activating group) is 2. The van der Waals surface area contributed by atoms with E-state index in [1.54, 1.807) is 103 Å². The normalized spacial score (nSPS) is 20.8. The van der Waals surface area contributed by atoms with E-state index in [0.29, 0.717) is 11.1 Å². The molecule has 20 nitrogen and oxygen atoms in total. The molecule has 0 saturated carbocycles. The molecule has 0 bridgehead atoms. The number of hydrogen-bond donors (Lipinski definition) is 11. The second kappa shape index (κ2) is 25.8. The van der Waals surface area contributed by atoms with E-state index in [0.717, 1.165) is 0 Å². The zero-order chi connectivity index (χ0) is 54.7. The number of hydrogen-bond acceptors (Lipinski definition) is 13. The smallest absolute Gasteiger partial charge is 0.251 e. The third kappa shape index (κ3) is 14.9. The van der Waals surface area contributed by atoms with Gasteiger partial charge < -0.3 is 62.3 Å². The Bertz CT molecular complexity index is 2400. The van der Waals surface area contributed by atoms with Gasteiger partial charge in [0.05, 0.1) is 37.4 Å². The molecule has 11 N–H and O–H groups in total. The summed E-state index contributed by atoms with van der Waals surface area (Å²) in [6.45, 7) is 13.4. The van der Waals surface area contributed by atoms with Gasteiger partial charge in [0.2, 0.25) is 29.5 Å². The molecular weight excluding hydrogens is 949 g/mol. The number of rotatable bonds is 21. The summed E-state index contributed by atoms with van der Waals surface area (Å²) in [6.07, 6.45) is -1.07. The van der Waals surface area contributed by atoms with Gasteiger partial charge in [-0.15, -0.1) is 0 Å². The molecular formula is C54H78N10O10. The van der Waals surface area contributed by atoms with Crippen molar-refractivity contribution >= 4 is 41.4 Å². The topological polar surface area (TPSA) is 283 Å². The second-order valence-electron chi connectivity index (χ2n) is 21.5. The highest BCUT2D eigenvalue weighted by molar-refractivity contribution is 5.99. The van der Waals surface area contributed by atoms with Gasteiger partial charge in [-0.2, -0.15) is 0 Å². The largest absolute Gasteiger partial charge is 0.394 e. The summed E-state index contributed by atoms with van der Waals surface area (Å²) in [7, 11) is 3.30. The van der Waals surface area contributed by atoms with E-state index >= 15 is 0 Å². The molecule has 0 aromatic heterocycles. The lowest BCUT2D eigenvalue weighted by Crippen LogP contribution is -2.61. The highest BCUT2D eigenvalue weighted by Gasteiger charge is 2.48. The molecule has 2 aliphatic heterocycles. The van der Waals surface area contributed by atoms with Crippen molar-refractivity contribution in [3.8, 4) is 0 Å². The average molecular weight is 1030 g/mol. The first-order valence-electron chi connectivity index (χ1n) is 25.3. The maximum atomic E-state index is 14.5. The summed E-state index contributed by atoms with van der Waals surface area (Å²) in [4.78, 5) is 101. The highest BCUT2D eigenvalue weighted by Crippen LogP contribution is 2.30. The Kier molecular flexibility index (Phi) is 20.4. The fraction of sp³-hybridized carbons (Fsp3) is 0.537. The van der Waals surface area contributed by atoms with Crippen molar-refractivity contribution in [1.29, 1.82) is 0 Å². The molecule has 0 radical (unpaired) electrons. The molecule has 7 amide bonds. The van der Waals surface area contributed by atoms with Crippen LogP contribution in [0.3, 0.4) is 0 Å². The first-order valence-corrected chi connectivity index (χ1v) is 25.3. The number of aliphatic hydroxyl groups excluding tert-OH is 3. The van der Waals surface area contributed by atoms with Crippen molar-refractivity contribution < 1.29 is 48.9 Å². The third-order valence-corrected chi connectivity index (χ3v) is 13.9.